The van der Waals surface area contributed by atoms with E-state index < -0.39 is 66.6 Å². The predicted molar refractivity (Wildman–Crippen MR) is 78.9 cm³/mol. The molecule has 0 N–H and O–H groups in total. The van der Waals surface area contributed by atoms with E-state index in [9.17, 15) is 44.7 Å². The van der Waals surface area contributed by atoms with Crippen molar-refractivity contribution in [2.45, 2.75) is 36.6 Å². The van der Waals surface area contributed by atoms with Crippen molar-refractivity contribution in [2.75, 3.05) is 13.7 Å². The van der Waals surface area contributed by atoms with Crippen LogP contribution in [-0.2, 0) is 14.3 Å². The number of carbonyl (C=O) groups excluding carboxylic acids is 2. The Balaban J connectivity index is 2.32. The Labute approximate surface area is 158 Å². The third-order valence-corrected chi connectivity index (χ3v) is 4.15. The molecule has 1 aliphatic heterocycles. The number of hydrogen-bond donors (Lipinski definition) is 0. The highest BCUT2D eigenvalue weighted by atomic mass is 19.4. The number of hydrogen-bond acceptors (Lipinski definition) is 4. The fraction of sp³-hybridized carbons (Fsp3) is 0.500. The van der Waals surface area contributed by atoms with E-state index in [2.05, 4.69) is 4.74 Å². The van der Waals surface area contributed by atoms with Gasteiger partial charge in [-0.05, 0) is 12.1 Å². The van der Waals surface area contributed by atoms with Gasteiger partial charge in [-0.1, -0.05) is 12.1 Å². The van der Waals surface area contributed by atoms with Gasteiger partial charge in [0.25, 0.3) is 0 Å². The van der Waals surface area contributed by atoms with Crippen LogP contribution in [0, 0.1) is 5.82 Å². The molecule has 1 aromatic rings. The summed E-state index contributed by atoms with van der Waals surface area (Å²) in [4.78, 5) is 23.5. The molecule has 0 spiro atoms. The second kappa shape index (κ2) is 7.67. The zero-order valence-corrected chi connectivity index (χ0v) is 14.5. The van der Waals surface area contributed by atoms with E-state index in [0.29, 0.717) is 0 Å². The summed E-state index contributed by atoms with van der Waals surface area (Å²) in [6.45, 7) is -0.976. The number of carbonyl (C=O) groups is 2. The van der Waals surface area contributed by atoms with E-state index in [1.165, 1.54) is 12.1 Å². The maximum absolute atomic E-state index is 13.8. The van der Waals surface area contributed by atoms with Gasteiger partial charge in [-0.2, -0.15) is 30.7 Å². The summed E-state index contributed by atoms with van der Waals surface area (Å²) in [5, 5.41) is 0. The number of nitrogens with zero attached hydrogens (tertiary/aromatic N) is 1. The first-order valence-electron chi connectivity index (χ1n) is 7.86. The standard InChI is InChI=1S/C16H13F8NO4/c1-28-12(26)10-6-8(29-11-5-3-2-4-9(11)17)7-25(10)13(27)14(18,19)15(20,21)16(22,23)24/h2-5,8,10H,6-7H2,1H3. The molecule has 2 unspecified atom stereocenters. The minimum atomic E-state index is -6.73. The largest absolute Gasteiger partial charge is 0.485 e. The highest BCUT2D eigenvalue weighted by Crippen LogP contribution is 2.48. The van der Waals surface area contributed by atoms with Crippen molar-refractivity contribution >= 4 is 11.9 Å². The van der Waals surface area contributed by atoms with Crippen molar-refractivity contribution in [1.29, 1.82) is 0 Å². The number of amides is 1. The predicted octanol–water partition coefficient (Wildman–Crippen LogP) is 3.18. The summed E-state index contributed by atoms with van der Waals surface area (Å²) in [6.07, 6.45) is -8.67. The minimum absolute atomic E-state index is 0.184. The van der Waals surface area contributed by atoms with Gasteiger partial charge >= 0.3 is 29.9 Å². The lowest BCUT2D eigenvalue weighted by Crippen LogP contribution is -2.61. The minimum Gasteiger partial charge on any atom is -0.485 e. The molecule has 1 aromatic carbocycles. The average Bonchev–Trinajstić information content (AvgIpc) is 3.04. The maximum Gasteiger partial charge on any atom is 0.460 e. The van der Waals surface area contributed by atoms with Gasteiger partial charge in [0.1, 0.15) is 12.1 Å². The Morgan fingerprint density at radius 2 is 1.66 bits per heavy atom. The number of ether oxygens (including phenoxy) is 2. The summed E-state index contributed by atoms with van der Waals surface area (Å²) in [5.41, 5.74) is 0. The molecule has 2 rings (SSSR count). The highest BCUT2D eigenvalue weighted by molar-refractivity contribution is 5.90. The monoisotopic (exact) mass is 435 g/mol. The van der Waals surface area contributed by atoms with Crippen LogP contribution in [0.4, 0.5) is 35.1 Å². The van der Waals surface area contributed by atoms with Gasteiger partial charge < -0.3 is 14.4 Å². The van der Waals surface area contributed by atoms with Gasteiger partial charge in [-0.3, -0.25) is 4.79 Å². The SMILES string of the molecule is COC(=O)C1CC(Oc2ccccc2F)CN1C(=O)C(F)(F)C(F)(F)C(F)(F)F. The molecule has 0 saturated carbocycles. The summed E-state index contributed by atoms with van der Waals surface area (Å²) in [7, 11) is 0.790. The summed E-state index contributed by atoms with van der Waals surface area (Å²) in [6, 6.07) is 2.80. The van der Waals surface area contributed by atoms with Crippen molar-refractivity contribution in [3.8, 4) is 5.75 Å². The highest BCUT2D eigenvalue weighted by Gasteiger charge is 2.77. The van der Waals surface area contributed by atoms with E-state index in [1.54, 1.807) is 0 Å². The first-order valence-corrected chi connectivity index (χ1v) is 7.86. The first kappa shape index (κ1) is 22.7. The number of alkyl halides is 7. The van der Waals surface area contributed by atoms with E-state index in [0.717, 1.165) is 19.2 Å². The van der Waals surface area contributed by atoms with Crippen LogP contribution in [0.15, 0.2) is 24.3 Å². The van der Waals surface area contributed by atoms with Crippen LogP contribution in [0.3, 0.4) is 0 Å². The van der Waals surface area contributed by atoms with Gasteiger partial charge in [0.05, 0.1) is 13.7 Å². The van der Waals surface area contributed by atoms with Crippen LogP contribution in [-0.4, -0.2) is 60.6 Å². The van der Waals surface area contributed by atoms with Crippen molar-refractivity contribution < 1.29 is 54.2 Å². The smallest absolute Gasteiger partial charge is 0.460 e. The Hall–Kier alpha value is -2.60. The zero-order valence-electron chi connectivity index (χ0n) is 14.5. The van der Waals surface area contributed by atoms with Crippen LogP contribution in [0.25, 0.3) is 0 Å². The molecular formula is C16H13F8NO4. The number of benzene rings is 1. The average molecular weight is 435 g/mol. The van der Waals surface area contributed by atoms with E-state index in [4.69, 9.17) is 4.74 Å². The third-order valence-electron chi connectivity index (χ3n) is 4.15. The normalized spacial score (nSPS) is 20.5. The van der Waals surface area contributed by atoms with Crippen LogP contribution in [0.2, 0.25) is 0 Å². The van der Waals surface area contributed by atoms with Gasteiger partial charge in [0.2, 0.25) is 0 Å². The number of methoxy groups -OCH3 is 1. The molecular weight excluding hydrogens is 422 g/mol. The van der Waals surface area contributed by atoms with Gasteiger partial charge in [-0.25, -0.2) is 9.18 Å². The second-order valence-electron chi connectivity index (χ2n) is 6.05. The first-order chi connectivity index (χ1) is 13.2. The van der Waals surface area contributed by atoms with E-state index >= 15 is 0 Å². The number of esters is 1. The van der Waals surface area contributed by atoms with Crippen molar-refractivity contribution in [1.82, 2.24) is 4.90 Å². The third kappa shape index (κ3) is 4.08. The molecule has 1 amide bonds. The molecule has 162 valence electrons. The molecule has 2 atom stereocenters. The molecule has 0 radical (unpaired) electrons. The van der Waals surface area contributed by atoms with Crippen LogP contribution < -0.4 is 4.74 Å². The number of halogens is 8. The molecule has 1 aliphatic rings. The molecule has 1 fully saturated rings. The lowest BCUT2D eigenvalue weighted by molar-refractivity contribution is -0.346. The van der Waals surface area contributed by atoms with E-state index in [1.807, 2.05) is 0 Å². The molecule has 13 heteroatoms. The van der Waals surface area contributed by atoms with Crippen molar-refractivity contribution in [2.24, 2.45) is 0 Å². The molecule has 5 nitrogen and oxygen atoms in total. The zero-order chi connectivity index (χ0) is 22.2. The maximum atomic E-state index is 13.8. The number of rotatable bonds is 5. The number of para-hydroxylation sites is 1. The van der Waals surface area contributed by atoms with E-state index in [-0.39, 0.29) is 4.90 Å². The topological polar surface area (TPSA) is 55.8 Å². The quantitative estimate of drug-likeness (QED) is 0.527. The Bertz CT molecular complexity index is 782. The fourth-order valence-electron chi connectivity index (χ4n) is 2.68. The Morgan fingerprint density at radius 1 is 1.07 bits per heavy atom. The summed E-state index contributed by atoms with van der Waals surface area (Å²) < 4.78 is 114. The molecule has 0 bridgehead atoms. The molecule has 0 aliphatic carbocycles. The Kier molecular flexibility index (Phi) is 6.00. The summed E-state index contributed by atoms with van der Waals surface area (Å²) >= 11 is 0. The van der Waals surface area contributed by atoms with Crippen LogP contribution >= 0.6 is 0 Å². The Morgan fingerprint density at radius 3 is 2.17 bits per heavy atom. The fourth-order valence-corrected chi connectivity index (χ4v) is 2.68. The van der Waals surface area contributed by atoms with Gasteiger partial charge in [0.15, 0.2) is 11.6 Å². The lowest BCUT2D eigenvalue weighted by atomic mass is 10.1. The molecule has 0 aromatic heterocycles. The second-order valence-corrected chi connectivity index (χ2v) is 6.05. The summed E-state index contributed by atoms with van der Waals surface area (Å²) in [5.74, 6) is -18.5. The lowest BCUT2D eigenvalue weighted by Gasteiger charge is -2.31. The van der Waals surface area contributed by atoms with Crippen molar-refractivity contribution in [3.63, 3.8) is 0 Å². The van der Waals surface area contributed by atoms with Crippen LogP contribution in [0.5, 0.6) is 5.75 Å². The molecule has 29 heavy (non-hydrogen) atoms. The number of likely N-dealkylation sites (tertiary alicyclic amines) is 1. The molecule has 1 saturated heterocycles. The van der Waals surface area contributed by atoms with Gasteiger partial charge in [0, 0.05) is 6.42 Å². The van der Waals surface area contributed by atoms with Crippen molar-refractivity contribution in [3.05, 3.63) is 30.1 Å². The van der Waals surface area contributed by atoms with Gasteiger partial charge in [-0.15, -0.1) is 0 Å². The molecule has 1 heterocycles. The van der Waals surface area contributed by atoms with Crippen LogP contribution in [0.1, 0.15) is 6.42 Å².